The minimum atomic E-state index is -2.51. The molecule has 2 aromatic carbocycles. The van der Waals surface area contributed by atoms with Crippen molar-refractivity contribution in [3.05, 3.63) is 92.8 Å². The number of nitro groups is 1. The van der Waals surface area contributed by atoms with Gasteiger partial charge in [0, 0.05) is 30.4 Å². The molecule has 0 saturated carbocycles. The largest absolute Gasteiger partial charge is 0.493 e. The molecule has 0 radical (unpaired) electrons. The number of rotatable bonds is 14. The number of ketones is 1. The van der Waals surface area contributed by atoms with Crippen LogP contribution in [0.3, 0.4) is 0 Å². The Hall–Kier alpha value is -3.47. The minimum absolute atomic E-state index is 0.0844. The third kappa shape index (κ3) is 7.97. The Kier molecular flexibility index (Phi) is 11.2. The van der Waals surface area contributed by atoms with Gasteiger partial charge in [0.15, 0.2) is 25.6 Å². The Labute approximate surface area is 262 Å². The molecule has 0 aliphatic heterocycles. The molecule has 0 saturated heterocycles. The summed E-state index contributed by atoms with van der Waals surface area (Å²) in [4.78, 5) is 25.7. The maximum Gasteiger partial charge on any atom is 0.241 e. The minimum Gasteiger partial charge on any atom is -0.493 e. The van der Waals surface area contributed by atoms with Gasteiger partial charge in [0.1, 0.15) is 18.3 Å². The molecule has 0 N–H and O–H groups in total. The van der Waals surface area contributed by atoms with Crippen LogP contribution in [-0.4, -0.2) is 58.1 Å². The molecule has 0 unspecified atom stereocenters. The maximum atomic E-state index is 13.2. The summed E-state index contributed by atoms with van der Waals surface area (Å²) in [6.07, 6.45) is 1.02. The molecular formula is C34H47NO8Si. The average molecular weight is 626 g/mol. The number of nitrogens with zero attached hydrogens (tertiary/aromatic N) is 1. The third-order valence-corrected chi connectivity index (χ3v) is 13.4. The lowest BCUT2D eigenvalue weighted by Gasteiger charge is -2.41. The van der Waals surface area contributed by atoms with E-state index < -0.39 is 26.1 Å². The first-order valence-electron chi connectivity index (χ1n) is 14.8. The number of Topliss-reactive ketones (excluding diaryl/α,β-unsaturated/α-hetero) is 1. The van der Waals surface area contributed by atoms with E-state index in [0.717, 1.165) is 5.56 Å². The fourth-order valence-electron chi connectivity index (χ4n) is 5.08. The van der Waals surface area contributed by atoms with E-state index in [1.807, 2.05) is 43.3 Å². The highest BCUT2D eigenvalue weighted by molar-refractivity contribution is 6.74. The third-order valence-electron chi connectivity index (χ3n) is 8.93. The predicted octanol–water partition coefficient (Wildman–Crippen LogP) is 7.08. The van der Waals surface area contributed by atoms with Crippen molar-refractivity contribution in [2.75, 3.05) is 21.3 Å². The van der Waals surface area contributed by atoms with Crippen LogP contribution in [0.1, 0.15) is 52.2 Å². The highest BCUT2D eigenvalue weighted by atomic mass is 28.4. The van der Waals surface area contributed by atoms with E-state index in [9.17, 15) is 14.9 Å². The molecular weight excluding hydrogens is 578 g/mol. The molecule has 0 bridgehead atoms. The summed E-state index contributed by atoms with van der Waals surface area (Å²) in [5, 5.41) is 12.7. The molecule has 0 heterocycles. The first-order valence-corrected chi connectivity index (χ1v) is 17.7. The highest BCUT2D eigenvalue weighted by Gasteiger charge is 2.46. The van der Waals surface area contributed by atoms with Crippen LogP contribution in [0.5, 0.6) is 11.5 Å². The van der Waals surface area contributed by atoms with Gasteiger partial charge in [-0.3, -0.25) is 14.9 Å². The van der Waals surface area contributed by atoms with Crippen LogP contribution >= 0.6 is 0 Å². The van der Waals surface area contributed by atoms with Gasteiger partial charge in [-0.1, -0.05) is 57.2 Å². The van der Waals surface area contributed by atoms with Crippen molar-refractivity contribution in [3.8, 4) is 11.5 Å². The molecule has 2 aromatic rings. The summed E-state index contributed by atoms with van der Waals surface area (Å²) in [6, 6.07) is 14.0. The lowest BCUT2D eigenvalue weighted by Crippen LogP contribution is -2.50. The van der Waals surface area contributed by atoms with Crippen molar-refractivity contribution in [3.63, 3.8) is 0 Å². The van der Waals surface area contributed by atoms with E-state index in [1.54, 1.807) is 39.4 Å². The number of methoxy groups -OCH3 is 3. The molecule has 10 heteroatoms. The number of carbonyl (C=O) groups excluding carboxylic acids is 1. The van der Waals surface area contributed by atoms with Crippen molar-refractivity contribution in [2.24, 2.45) is 0 Å². The molecule has 0 fully saturated rings. The van der Waals surface area contributed by atoms with Crippen LogP contribution in [0.4, 0.5) is 0 Å². The van der Waals surface area contributed by atoms with Gasteiger partial charge < -0.3 is 23.4 Å². The second kappa shape index (κ2) is 14.1. The van der Waals surface area contributed by atoms with Crippen molar-refractivity contribution < 1.29 is 33.1 Å². The summed E-state index contributed by atoms with van der Waals surface area (Å²) in [5.41, 5.74) is 1.78. The number of carbonyl (C=O) groups is 1. The van der Waals surface area contributed by atoms with Gasteiger partial charge in [-0.2, -0.15) is 0 Å². The van der Waals surface area contributed by atoms with Crippen molar-refractivity contribution in [2.45, 2.75) is 89.9 Å². The summed E-state index contributed by atoms with van der Waals surface area (Å²) < 4.78 is 29.7. The zero-order valence-corrected chi connectivity index (χ0v) is 28.7. The first-order chi connectivity index (χ1) is 20.6. The molecule has 0 amide bonds. The maximum absolute atomic E-state index is 13.2. The fraction of sp³-hybridized carbons (Fsp3) is 0.500. The normalized spacial score (nSPS) is 18.9. The van der Waals surface area contributed by atoms with Crippen molar-refractivity contribution in [1.29, 1.82) is 0 Å². The quantitative estimate of drug-likeness (QED) is 0.125. The van der Waals surface area contributed by atoms with Gasteiger partial charge >= 0.3 is 0 Å². The molecule has 3 rings (SSSR count). The van der Waals surface area contributed by atoms with E-state index in [-0.39, 0.29) is 34.3 Å². The average Bonchev–Trinajstić information content (AvgIpc) is 2.98. The Morgan fingerprint density at radius 2 is 1.61 bits per heavy atom. The molecule has 240 valence electrons. The first kappa shape index (κ1) is 35.0. The topological polar surface area (TPSA) is 106 Å². The van der Waals surface area contributed by atoms with Crippen LogP contribution in [-0.2, 0) is 31.7 Å². The van der Waals surface area contributed by atoms with Crippen LogP contribution < -0.4 is 9.47 Å². The number of hydrogen-bond acceptors (Lipinski definition) is 8. The monoisotopic (exact) mass is 625 g/mol. The van der Waals surface area contributed by atoms with E-state index in [0.29, 0.717) is 34.8 Å². The second-order valence-electron chi connectivity index (χ2n) is 12.9. The lowest BCUT2D eigenvalue weighted by atomic mass is 9.80. The summed E-state index contributed by atoms with van der Waals surface area (Å²) >= 11 is 0. The SMILES string of the molecule is COC1=C[C@](C)(OC)C(C[C@@H](O[Si](C)(C)C(C)(C)C)[C@H](Cc2ccc(OC)c(OCc3ccccc3)c2)[N+](=O)[O-])=C(C)C1=O. The number of ether oxygens (including phenoxy) is 4. The van der Waals surface area contributed by atoms with Gasteiger partial charge in [0.25, 0.3) is 0 Å². The molecule has 1 aliphatic rings. The van der Waals surface area contributed by atoms with E-state index >= 15 is 0 Å². The molecule has 3 atom stereocenters. The van der Waals surface area contributed by atoms with E-state index in [1.165, 1.54) is 7.11 Å². The smallest absolute Gasteiger partial charge is 0.241 e. The Balaban J connectivity index is 2.04. The highest BCUT2D eigenvalue weighted by Crippen LogP contribution is 2.42. The number of benzene rings is 2. The molecule has 1 aliphatic carbocycles. The molecule has 0 spiro atoms. The van der Waals surface area contributed by atoms with Gasteiger partial charge in [0.05, 0.1) is 14.2 Å². The predicted molar refractivity (Wildman–Crippen MR) is 173 cm³/mol. The van der Waals surface area contributed by atoms with Gasteiger partial charge in [-0.05, 0) is 66.9 Å². The zero-order chi connectivity index (χ0) is 32.9. The van der Waals surface area contributed by atoms with Crippen molar-refractivity contribution in [1.82, 2.24) is 0 Å². The standard InChI is InChI=1S/C34H47NO8Si/c1-23-26(34(5,41-8)21-31(40-7)32(23)36)20-29(43-44(9,10)33(2,3)4)27(35(37)38)18-25-16-17-28(39-6)30(19-25)42-22-24-14-12-11-13-15-24/h11-17,19,21,27,29H,18,20,22H2,1-10H3/t27-,29+,34-/m0/s1. The van der Waals surface area contributed by atoms with Crippen LogP contribution in [0, 0.1) is 10.1 Å². The van der Waals surface area contributed by atoms with Gasteiger partial charge in [-0.15, -0.1) is 0 Å². The zero-order valence-electron chi connectivity index (χ0n) is 27.7. The van der Waals surface area contributed by atoms with E-state index in [4.69, 9.17) is 23.4 Å². The Morgan fingerprint density at radius 3 is 2.16 bits per heavy atom. The number of hydrogen-bond donors (Lipinski definition) is 0. The van der Waals surface area contributed by atoms with Gasteiger partial charge in [0.2, 0.25) is 11.8 Å². The summed E-state index contributed by atoms with van der Waals surface area (Å²) in [7, 11) is 2.05. The Morgan fingerprint density at radius 1 is 0.955 bits per heavy atom. The van der Waals surface area contributed by atoms with Crippen LogP contribution in [0.25, 0.3) is 0 Å². The fourth-order valence-corrected chi connectivity index (χ4v) is 6.43. The molecule has 9 nitrogen and oxygen atoms in total. The summed E-state index contributed by atoms with van der Waals surface area (Å²) in [5.74, 6) is 0.952. The van der Waals surface area contributed by atoms with Gasteiger partial charge in [-0.25, -0.2) is 0 Å². The van der Waals surface area contributed by atoms with E-state index in [2.05, 4.69) is 33.9 Å². The lowest BCUT2D eigenvalue weighted by molar-refractivity contribution is -0.533. The van der Waals surface area contributed by atoms with Crippen LogP contribution in [0.15, 0.2) is 71.5 Å². The molecule has 0 aromatic heterocycles. The molecule has 44 heavy (non-hydrogen) atoms. The number of allylic oxidation sites excluding steroid dienone is 1. The van der Waals surface area contributed by atoms with Crippen LogP contribution in [0.2, 0.25) is 18.1 Å². The summed E-state index contributed by atoms with van der Waals surface area (Å²) in [6.45, 7) is 14.3. The second-order valence-corrected chi connectivity index (χ2v) is 17.6. The Bertz CT molecular complexity index is 1400. The van der Waals surface area contributed by atoms with Crippen molar-refractivity contribution >= 4 is 14.1 Å².